The average molecular weight is 603 g/mol. The van der Waals surface area contributed by atoms with Crippen LogP contribution >= 0.6 is 0 Å². The molecule has 0 saturated carbocycles. The number of fused-ring (bicyclic) bond motifs is 2. The van der Waals surface area contributed by atoms with E-state index in [-0.39, 0.29) is 25.4 Å². The summed E-state index contributed by atoms with van der Waals surface area (Å²) in [6.07, 6.45) is 10.2. The summed E-state index contributed by atoms with van der Waals surface area (Å²) in [5.74, 6) is -0.209. The predicted octanol–water partition coefficient (Wildman–Crippen LogP) is 3.81. The largest absolute Gasteiger partial charge is 0.496 e. The van der Waals surface area contributed by atoms with Crippen molar-refractivity contribution in [2.45, 2.75) is 63.6 Å². The minimum atomic E-state index is -1.11. The Morgan fingerprint density at radius 2 is 1.86 bits per heavy atom. The Bertz CT molecular complexity index is 1550. The maximum absolute atomic E-state index is 13.6. The van der Waals surface area contributed by atoms with E-state index >= 15 is 0 Å². The molecule has 231 valence electrons. The number of hydrogen-bond donors (Lipinski definition) is 2. The van der Waals surface area contributed by atoms with E-state index in [0.29, 0.717) is 41.3 Å². The number of carboxylic acids is 1. The molecule has 12 heteroatoms. The van der Waals surface area contributed by atoms with Crippen LogP contribution in [0.4, 0.5) is 4.79 Å². The number of carboxylic acid groups (broad SMARTS) is 1. The highest BCUT2D eigenvalue weighted by Gasteiger charge is 2.52. The number of urea groups is 1. The van der Waals surface area contributed by atoms with E-state index in [2.05, 4.69) is 10.3 Å². The molecule has 1 aromatic carbocycles. The van der Waals surface area contributed by atoms with Gasteiger partial charge in [0.25, 0.3) is 5.91 Å². The van der Waals surface area contributed by atoms with Crippen molar-refractivity contribution in [3.8, 4) is 23.0 Å². The second-order valence-corrected chi connectivity index (χ2v) is 11.2. The molecule has 2 N–H and O–H groups in total. The zero-order valence-corrected chi connectivity index (χ0v) is 25.2. The second kappa shape index (κ2) is 13.8. The summed E-state index contributed by atoms with van der Waals surface area (Å²) in [6, 6.07) is 4.98. The number of carbonyl (C=O) groups excluding carboxylic acids is 2. The first kappa shape index (κ1) is 30.9. The molecule has 2 aliphatic heterocycles. The highest BCUT2D eigenvalue weighted by atomic mass is 16.5. The van der Waals surface area contributed by atoms with Gasteiger partial charge < -0.3 is 19.9 Å². The zero-order chi connectivity index (χ0) is 31.2. The Labute approximate surface area is 256 Å². The number of nitrogens with one attached hydrogen (secondary N) is 1. The van der Waals surface area contributed by atoms with Crippen molar-refractivity contribution in [1.82, 2.24) is 30.1 Å². The summed E-state index contributed by atoms with van der Waals surface area (Å²) in [6.45, 7) is 2.58. The lowest BCUT2D eigenvalue weighted by Gasteiger charge is -2.20. The van der Waals surface area contributed by atoms with Crippen LogP contribution in [0.3, 0.4) is 0 Å². The van der Waals surface area contributed by atoms with Gasteiger partial charge in [0.05, 0.1) is 24.4 Å². The van der Waals surface area contributed by atoms with Crippen molar-refractivity contribution in [2.24, 2.45) is 0 Å². The van der Waals surface area contributed by atoms with E-state index in [4.69, 9.17) is 19.4 Å². The second-order valence-electron chi connectivity index (χ2n) is 11.2. The number of aryl methyl sites for hydroxylation is 1. The molecule has 2 aromatic heterocycles. The fourth-order valence-corrected chi connectivity index (χ4v) is 5.68. The van der Waals surface area contributed by atoms with Gasteiger partial charge in [-0.05, 0) is 63.3 Å². The molecular formula is C32H38N6O6+. The van der Waals surface area contributed by atoms with E-state index in [0.717, 1.165) is 30.4 Å². The first-order valence-electron chi connectivity index (χ1n) is 14.9. The van der Waals surface area contributed by atoms with E-state index < -0.39 is 30.1 Å². The molecule has 4 heterocycles. The lowest BCUT2D eigenvalue weighted by atomic mass is 10.1. The molecule has 3 aromatic rings. The predicted molar refractivity (Wildman–Crippen MR) is 164 cm³/mol. The number of amides is 3. The number of rotatable bonds is 5. The van der Waals surface area contributed by atoms with Gasteiger partial charge in [-0.1, -0.05) is 17.1 Å². The number of aliphatic carboxylic acids is 1. The van der Waals surface area contributed by atoms with Crippen LogP contribution in [0, 0.1) is 6.92 Å². The molecular weight excluding hydrogens is 564 g/mol. The molecule has 3 atom stereocenters. The van der Waals surface area contributed by atoms with Crippen molar-refractivity contribution in [3.05, 3.63) is 54.4 Å². The zero-order valence-electron chi connectivity index (χ0n) is 25.2. The summed E-state index contributed by atoms with van der Waals surface area (Å²) >= 11 is 0. The first-order chi connectivity index (χ1) is 21.3. The summed E-state index contributed by atoms with van der Waals surface area (Å²) in [7, 11) is 3.31. The van der Waals surface area contributed by atoms with Crippen LogP contribution in [0.5, 0.6) is 11.6 Å². The summed E-state index contributed by atoms with van der Waals surface area (Å²) < 4.78 is 12.0. The molecule has 3 amide bonds. The lowest BCUT2D eigenvalue weighted by Crippen LogP contribution is -2.56. The Morgan fingerprint density at radius 1 is 1.09 bits per heavy atom. The molecule has 44 heavy (non-hydrogen) atoms. The quantitative estimate of drug-likeness (QED) is 0.328. The molecule has 0 bridgehead atoms. The number of benzene rings is 1. The smallest absolute Gasteiger partial charge is 0.467 e. The van der Waals surface area contributed by atoms with Crippen LogP contribution in [0.1, 0.15) is 44.1 Å². The summed E-state index contributed by atoms with van der Waals surface area (Å²) in [4.78, 5) is 55.9. The third-order valence-electron chi connectivity index (χ3n) is 8.13. The van der Waals surface area contributed by atoms with E-state index in [1.165, 1.54) is 4.90 Å². The van der Waals surface area contributed by atoms with Crippen LogP contribution in [0.25, 0.3) is 22.3 Å². The van der Waals surface area contributed by atoms with Gasteiger partial charge in [-0.25, -0.2) is 14.6 Å². The van der Waals surface area contributed by atoms with Gasteiger partial charge in [-0.2, -0.15) is 4.98 Å². The Hall–Kier alpha value is -4.58. The third-order valence-corrected chi connectivity index (χ3v) is 8.13. The van der Waals surface area contributed by atoms with E-state index in [9.17, 15) is 19.5 Å². The molecule has 2 aliphatic rings. The number of allylic oxidation sites excluding steroid dienone is 2. The van der Waals surface area contributed by atoms with Crippen LogP contribution in [0.15, 0.2) is 48.8 Å². The van der Waals surface area contributed by atoms with Gasteiger partial charge in [-0.3, -0.25) is 14.7 Å². The van der Waals surface area contributed by atoms with Crippen LogP contribution < -0.4 is 19.7 Å². The Morgan fingerprint density at radius 3 is 2.61 bits per heavy atom. The highest BCUT2D eigenvalue weighted by molar-refractivity contribution is 5.92. The number of nitrogens with zero attached hydrogens (tertiary/aromatic N) is 5. The van der Waals surface area contributed by atoms with Gasteiger partial charge >= 0.3 is 12.0 Å². The van der Waals surface area contributed by atoms with E-state index in [1.54, 1.807) is 43.6 Å². The molecule has 0 spiro atoms. The van der Waals surface area contributed by atoms with Gasteiger partial charge in [0.1, 0.15) is 11.8 Å². The van der Waals surface area contributed by atoms with Gasteiger partial charge in [0, 0.05) is 37.1 Å². The summed E-state index contributed by atoms with van der Waals surface area (Å²) in [5.41, 5.74) is 2.22. The van der Waals surface area contributed by atoms with Crippen LogP contribution in [-0.4, -0.2) is 88.3 Å². The number of carbonyl (C=O) groups is 3. The maximum atomic E-state index is 13.6. The highest BCUT2D eigenvalue weighted by Crippen LogP contribution is 2.34. The molecule has 1 fully saturated rings. The number of pyridine rings is 1. The van der Waals surface area contributed by atoms with Gasteiger partial charge in [-0.15, -0.1) is 0 Å². The van der Waals surface area contributed by atoms with E-state index in [1.807, 2.05) is 31.2 Å². The topological polar surface area (TPSA) is 150 Å². The third kappa shape index (κ3) is 6.80. The van der Waals surface area contributed by atoms with Crippen molar-refractivity contribution in [1.29, 1.82) is 0 Å². The molecule has 0 aliphatic carbocycles. The lowest BCUT2D eigenvalue weighted by molar-refractivity contribution is -0.142. The van der Waals surface area contributed by atoms with Crippen LogP contribution in [-0.2, 0) is 9.59 Å². The maximum Gasteiger partial charge on any atom is 0.467 e. The summed E-state index contributed by atoms with van der Waals surface area (Å²) in [5, 5.41) is 13.1. The monoisotopic (exact) mass is 602 g/mol. The normalized spacial score (nSPS) is 22.2. The SMILES string of the molecule is COc1ccc2c(OC3CC4C(=O)NC(C(=O)O)CCC=CCCCCN(C)C(=O)[N+]4C3)nc(-c3ccncc3)nc2c1C. The first-order valence-corrected chi connectivity index (χ1v) is 14.9. The fraction of sp³-hybridized carbons (Fsp3) is 0.438. The Balaban J connectivity index is 1.48. The Kier molecular flexibility index (Phi) is 9.69. The fourth-order valence-electron chi connectivity index (χ4n) is 5.68. The molecule has 1 saturated heterocycles. The number of methoxy groups -OCH3 is 1. The average Bonchev–Trinajstić information content (AvgIpc) is 3.45. The molecule has 3 unspecified atom stereocenters. The van der Waals surface area contributed by atoms with Crippen molar-refractivity contribution in [3.63, 3.8) is 0 Å². The van der Waals surface area contributed by atoms with Crippen molar-refractivity contribution in [2.75, 3.05) is 27.2 Å². The molecule has 5 rings (SSSR count). The van der Waals surface area contributed by atoms with Gasteiger partial charge in [0.15, 0.2) is 18.5 Å². The minimum Gasteiger partial charge on any atom is -0.496 e. The van der Waals surface area contributed by atoms with Crippen LogP contribution in [0.2, 0.25) is 0 Å². The molecule has 1 radical (unpaired) electrons. The minimum absolute atomic E-state index is 0.131. The van der Waals surface area contributed by atoms with Gasteiger partial charge in [0.2, 0.25) is 11.9 Å². The molecule has 12 nitrogen and oxygen atoms in total. The van der Waals surface area contributed by atoms with Crippen molar-refractivity contribution >= 4 is 28.8 Å². The van der Waals surface area contributed by atoms with Crippen molar-refractivity contribution < 1.29 is 29.0 Å². The standard InChI is InChI=1S/C32H38N6O6/c1-20-26(43-3)12-11-23-27(20)35-28(21-13-15-33-16-14-21)36-30(23)44-22-18-25-29(39)34-24(31(40)41)10-8-6-4-5-7-9-17-37(2)32(42)38(25)19-22/h4,6,11-16,22,24-25H,5,7-10,17-19H2,1-3H3,(H,34,39)(H,40,41)/q+1. The number of ether oxygens (including phenoxy) is 2. The number of aromatic nitrogens is 3. The number of hydrogen-bond acceptors (Lipinski definition) is 8.